The van der Waals surface area contributed by atoms with Crippen LogP contribution in [-0.4, -0.2) is 9.55 Å². The quantitative estimate of drug-likeness (QED) is 0.354. The maximum atomic E-state index is 8.01. The molecule has 0 N–H and O–H groups in total. The first-order chi connectivity index (χ1) is 13.7. The predicted molar refractivity (Wildman–Crippen MR) is 94.8 cm³/mol. The molecule has 0 amide bonds. The van der Waals surface area contributed by atoms with E-state index in [1.54, 1.807) is 16.7 Å². The molecular weight excluding hydrogens is 472 g/mol. The Bertz CT molecular complexity index is 1150. The van der Waals surface area contributed by atoms with E-state index in [2.05, 4.69) is 11.1 Å². The number of para-hydroxylation sites is 3. The van der Waals surface area contributed by atoms with E-state index in [9.17, 15) is 0 Å². The van der Waals surface area contributed by atoms with Gasteiger partial charge < -0.3 is 4.57 Å². The summed E-state index contributed by atoms with van der Waals surface area (Å²) >= 11 is 0. The molecule has 121 valence electrons. The van der Waals surface area contributed by atoms with Crippen molar-refractivity contribution >= 4 is 11.0 Å². The van der Waals surface area contributed by atoms with Crippen molar-refractivity contribution in [1.82, 2.24) is 9.55 Å². The molecular formula is C21H17IrN2-. The number of nitrogens with zero attached hydrogens (tertiary/aromatic N) is 2. The molecule has 1 heterocycles. The molecule has 0 unspecified atom stereocenters. The van der Waals surface area contributed by atoms with Gasteiger partial charge in [0.2, 0.25) is 0 Å². The summed E-state index contributed by atoms with van der Waals surface area (Å²) in [5.74, 6) is 0.439. The Labute approximate surface area is 164 Å². The van der Waals surface area contributed by atoms with Gasteiger partial charge in [0.05, 0.1) is 16.9 Å². The first-order valence-electron chi connectivity index (χ1n) is 10.3. The van der Waals surface area contributed by atoms with Gasteiger partial charge in [0.1, 0.15) is 0 Å². The minimum Gasteiger partial charge on any atom is -0.333 e. The zero-order chi connectivity index (χ0) is 20.8. The summed E-state index contributed by atoms with van der Waals surface area (Å²) < 4.78 is 49.7. The van der Waals surface area contributed by atoms with E-state index in [4.69, 9.17) is 8.22 Å². The number of benzene rings is 3. The van der Waals surface area contributed by atoms with Gasteiger partial charge in [0.25, 0.3) is 0 Å². The number of hydrogen-bond donors (Lipinski definition) is 0. The predicted octanol–water partition coefficient (Wildman–Crippen LogP) is 5.11. The fraction of sp³-hybridized carbons (Fsp3) is 0.0952. The fourth-order valence-electron chi connectivity index (χ4n) is 2.75. The Kier molecular flexibility index (Phi) is 2.97. The Morgan fingerprint density at radius 3 is 2.38 bits per heavy atom. The summed E-state index contributed by atoms with van der Waals surface area (Å²) in [6, 6.07) is 21.9. The zero-order valence-corrected chi connectivity index (χ0v) is 15.0. The van der Waals surface area contributed by atoms with Crippen LogP contribution in [0.4, 0.5) is 0 Å². The fourth-order valence-corrected chi connectivity index (χ4v) is 2.75. The van der Waals surface area contributed by atoms with E-state index in [0.29, 0.717) is 22.4 Å². The molecule has 3 heteroatoms. The van der Waals surface area contributed by atoms with Gasteiger partial charge >= 0.3 is 0 Å². The molecule has 0 atom stereocenters. The topological polar surface area (TPSA) is 17.8 Å². The van der Waals surface area contributed by atoms with Crippen LogP contribution in [0.15, 0.2) is 66.7 Å². The van der Waals surface area contributed by atoms with E-state index in [-0.39, 0.29) is 36.9 Å². The van der Waals surface area contributed by atoms with Gasteiger partial charge in [-0.3, -0.25) is 4.98 Å². The molecule has 0 saturated heterocycles. The normalized spacial score (nSPS) is 15.3. The van der Waals surface area contributed by atoms with Crippen molar-refractivity contribution in [3.8, 4) is 17.1 Å². The maximum Gasteiger partial charge on any atom is 0.0774 e. The molecule has 0 spiro atoms. The summed E-state index contributed by atoms with van der Waals surface area (Å²) in [5, 5.41) is 0. The van der Waals surface area contributed by atoms with Crippen molar-refractivity contribution < 1.29 is 28.3 Å². The minimum atomic E-state index is -2.50. The Balaban J connectivity index is 0.00000256. The molecule has 0 aliphatic rings. The van der Waals surface area contributed by atoms with Crippen LogP contribution in [0.1, 0.15) is 19.4 Å². The largest absolute Gasteiger partial charge is 0.333 e. The SMILES string of the molecule is [2H]C([2H])([2H])c1cccc(C([2H])([2H])[2H])c1-n1c(-c2[c-]cccc2)nc2ccccc21.[Ir]. The van der Waals surface area contributed by atoms with Crippen LogP contribution in [0.3, 0.4) is 0 Å². The van der Waals surface area contributed by atoms with Gasteiger partial charge in [-0.15, -0.1) is 35.9 Å². The van der Waals surface area contributed by atoms with E-state index < -0.39 is 13.7 Å². The van der Waals surface area contributed by atoms with E-state index in [1.807, 2.05) is 36.4 Å². The van der Waals surface area contributed by atoms with Crippen molar-refractivity contribution in [2.75, 3.05) is 0 Å². The number of hydrogen-bond acceptors (Lipinski definition) is 1. The minimum absolute atomic E-state index is 0. The summed E-state index contributed by atoms with van der Waals surface area (Å²) in [7, 11) is 0. The third kappa shape index (κ3) is 2.71. The maximum absolute atomic E-state index is 8.01. The van der Waals surface area contributed by atoms with Crippen molar-refractivity contribution in [2.45, 2.75) is 13.7 Å². The van der Waals surface area contributed by atoms with E-state index >= 15 is 0 Å². The van der Waals surface area contributed by atoms with Crippen molar-refractivity contribution in [2.24, 2.45) is 0 Å². The standard InChI is InChI=1S/C21H17N2.Ir/c1-15-9-8-10-16(2)20(15)23-19-14-7-6-13-18(19)22-21(23)17-11-4-3-5-12-17;/h3-11,13-14H,1-2H3;/q-1;/i1D3,2D3;. The third-order valence-corrected chi connectivity index (χ3v) is 3.77. The third-order valence-electron chi connectivity index (χ3n) is 3.77. The van der Waals surface area contributed by atoms with Crippen LogP contribution >= 0.6 is 0 Å². The molecule has 0 saturated carbocycles. The van der Waals surface area contributed by atoms with Crippen molar-refractivity contribution in [1.29, 1.82) is 0 Å². The number of rotatable bonds is 2. The molecule has 1 radical (unpaired) electrons. The van der Waals surface area contributed by atoms with Crippen LogP contribution in [0.5, 0.6) is 0 Å². The van der Waals surface area contributed by atoms with Crippen LogP contribution < -0.4 is 0 Å². The molecule has 4 aromatic rings. The molecule has 4 rings (SSSR count). The van der Waals surface area contributed by atoms with Crippen LogP contribution in [-0.2, 0) is 20.1 Å². The molecule has 2 nitrogen and oxygen atoms in total. The zero-order valence-electron chi connectivity index (χ0n) is 18.6. The number of aromatic nitrogens is 2. The number of aryl methyl sites for hydroxylation is 2. The monoisotopic (exact) mass is 496 g/mol. The second kappa shape index (κ2) is 6.72. The molecule has 1 aromatic heterocycles. The summed E-state index contributed by atoms with van der Waals surface area (Å²) in [6.45, 7) is -5.00. The van der Waals surface area contributed by atoms with Crippen LogP contribution in [0, 0.1) is 19.8 Å². The first kappa shape index (κ1) is 10.6. The van der Waals surface area contributed by atoms with E-state index in [1.165, 1.54) is 18.2 Å². The van der Waals surface area contributed by atoms with Gasteiger partial charge in [0.15, 0.2) is 0 Å². The molecule has 0 bridgehead atoms. The summed E-state index contributed by atoms with van der Waals surface area (Å²) in [4.78, 5) is 4.67. The molecule has 0 aliphatic heterocycles. The second-order valence-electron chi connectivity index (χ2n) is 5.24. The van der Waals surface area contributed by atoms with Gasteiger partial charge in [-0.25, -0.2) is 0 Å². The first-order valence-corrected chi connectivity index (χ1v) is 7.27. The molecule has 0 fully saturated rings. The number of fused-ring (bicyclic) bond motifs is 1. The van der Waals surface area contributed by atoms with Gasteiger partial charge in [0, 0.05) is 34.0 Å². The molecule has 3 aromatic carbocycles. The van der Waals surface area contributed by atoms with Gasteiger partial charge in [-0.1, -0.05) is 30.3 Å². The Morgan fingerprint density at radius 2 is 1.67 bits per heavy atom. The van der Waals surface area contributed by atoms with Crippen LogP contribution in [0.25, 0.3) is 28.1 Å². The average Bonchev–Trinajstić information content (AvgIpc) is 3.06. The van der Waals surface area contributed by atoms with Crippen molar-refractivity contribution in [3.63, 3.8) is 0 Å². The summed E-state index contributed by atoms with van der Waals surface area (Å²) in [5.41, 5.74) is 1.95. The second-order valence-corrected chi connectivity index (χ2v) is 5.24. The molecule has 24 heavy (non-hydrogen) atoms. The van der Waals surface area contributed by atoms with E-state index in [0.717, 1.165) is 0 Å². The summed E-state index contributed by atoms with van der Waals surface area (Å²) in [6.07, 6.45) is 0. The average molecular weight is 496 g/mol. The Morgan fingerprint density at radius 1 is 0.917 bits per heavy atom. The Hall–Kier alpha value is -2.22. The van der Waals surface area contributed by atoms with Gasteiger partial charge in [-0.05, 0) is 37.0 Å². The smallest absolute Gasteiger partial charge is 0.0774 e. The number of imidazole rings is 1. The van der Waals surface area contributed by atoms with Gasteiger partial charge in [-0.2, -0.15) is 0 Å². The molecule has 0 aliphatic carbocycles. The van der Waals surface area contributed by atoms with Crippen LogP contribution in [0.2, 0.25) is 0 Å². The van der Waals surface area contributed by atoms with Crippen molar-refractivity contribution in [3.05, 3.63) is 83.9 Å².